The molecule has 146 valence electrons. The van der Waals surface area contributed by atoms with Gasteiger partial charge in [-0.3, -0.25) is 9.59 Å². The number of carbonyl (C=O) groups excluding carboxylic acids is 2. The van der Waals surface area contributed by atoms with Crippen LogP contribution in [0, 0.1) is 5.41 Å². The molecule has 1 atom stereocenters. The Morgan fingerprint density at radius 3 is 2.74 bits per heavy atom. The minimum Gasteiger partial charge on any atom is -0.365 e. The van der Waals surface area contributed by atoms with E-state index in [2.05, 4.69) is 18.7 Å². The maximum Gasteiger partial charge on any atom is 0.252 e. The van der Waals surface area contributed by atoms with Crippen molar-refractivity contribution in [3.8, 4) is 0 Å². The first-order valence-electron chi connectivity index (χ1n) is 10.3. The molecule has 3 aliphatic rings. The predicted octanol–water partition coefficient (Wildman–Crippen LogP) is 2.29. The summed E-state index contributed by atoms with van der Waals surface area (Å²) in [6.45, 7) is 6.71. The highest BCUT2D eigenvalue weighted by molar-refractivity contribution is 5.98. The average Bonchev–Trinajstić information content (AvgIpc) is 3.10. The Labute approximate surface area is 161 Å². The fourth-order valence-corrected chi connectivity index (χ4v) is 5.12. The first-order chi connectivity index (χ1) is 12.9. The number of hydrogen-bond acceptors (Lipinski definition) is 4. The molecule has 1 aromatic heterocycles. The van der Waals surface area contributed by atoms with Crippen molar-refractivity contribution in [3.05, 3.63) is 22.9 Å². The van der Waals surface area contributed by atoms with Crippen LogP contribution < -0.4 is 10.6 Å². The number of aromatic nitrogens is 1. The molecular weight excluding hydrogens is 340 g/mol. The molecular formula is C21H30N4O2. The molecule has 0 bridgehead atoms. The highest BCUT2D eigenvalue weighted by Gasteiger charge is 2.43. The lowest BCUT2D eigenvalue weighted by Crippen LogP contribution is -2.56. The molecule has 3 heterocycles. The van der Waals surface area contributed by atoms with Crippen molar-refractivity contribution < 1.29 is 9.59 Å². The maximum atomic E-state index is 12.3. The van der Waals surface area contributed by atoms with Gasteiger partial charge in [-0.15, -0.1) is 0 Å². The molecule has 2 N–H and O–H groups in total. The average molecular weight is 370 g/mol. The van der Waals surface area contributed by atoms with E-state index >= 15 is 0 Å². The van der Waals surface area contributed by atoms with Crippen molar-refractivity contribution >= 4 is 17.6 Å². The third kappa shape index (κ3) is 3.30. The molecule has 6 heteroatoms. The maximum absolute atomic E-state index is 12.3. The monoisotopic (exact) mass is 370 g/mol. The van der Waals surface area contributed by atoms with Gasteiger partial charge in [0.25, 0.3) is 5.91 Å². The molecule has 2 amide bonds. The van der Waals surface area contributed by atoms with E-state index in [4.69, 9.17) is 10.7 Å². The number of primary amides is 1. The van der Waals surface area contributed by atoms with E-state index in [-0.39, 0.29) is 17.4 Å². The van der Waals surface area contributed by atoms with Crippen LogP contribution >= 0.6 is 0 Å². The molecule has 27 heavy (non-hydrogen) atoms. The number of piperidine rings is 2. The Balaban J connectivity index is 1.64. The summed E-state index contributed by atoms with van der Waals surface area (Å²) in [7, 11) is 0. The zero-order valence-corrected chi connectivity index (χ0v) is 16.5. The number of nitrogens with zero attached hydrogens (tertiary/aromatic N) is 3. The minimum atomic E-state index is -0.394. The van der Waals surface area contributed by atoms with Gasteiger partial charge in [-0.25, -0.2) is 4.98 Å². The Kier molecular flexibility index (Phi) is 4.60. The number of hydrogen-bond donors (Lipinski definition) is 1. The van der Waals surface area contributed by atoms with Crippen molar-refractivity contribution in [2.75, 3.05) is 24.5 Å². The van der Waals surface area contributed by atoms with Crippen molar-refractivity contribution in [1.82, 2.24) is 9.88 Å². The second kappa shape index (κ2) is 6.80. The fourth-order valence-electron chi connectivity index (χ4n) is 5.12. The minimum absolute atomic E-state index is 0.0893. The number of amides is 2. The number of nitrogens with two attached hydrogens (primary N) is 1. The Bertz CT molecular complexity index is 776. The summed E-state index contributed by atoms with van der Waals surface area (Å²) in [6.07, 6.45) is 6.77. The molecule has 1 aromatic rings. The normalized spacial score (nSPS) is 25.4. The molecule has 2 saturated heterocycles. The number of aryl methyl sites for hydroxylation is 2. The SMILES string of the molecule is CC(C)N1CC2(CCCN(c3nc4c(cc3C(N)=O)CCC4)C2)CCC1=O. The van der Waals surface area contributed by atoms with Crippen molar-refractivity contribution in [2.45, 2.75) is 64.8 Å². The summed E-state index contributed by atoms with van der Waals surface area (Å²) in [6, 6.07) is 2.20. The topological polar surface area (TPSA) is 79.5 Å². The van der Waals surface area contributed by atoms with E-state index < -0.39 is 5.91 Å². The van der Waals surface area contributed by atoms with Gasteiger partial charge in [0, 0.05) is 43.2 Å². The third-order valence-corrected chi connectivity index (χ3v) is 6.58. The van der Waals surface area contributed by atoms with Gasteiger partial charge in [0.1, 0.15) is 5.82 Å². The lowest BCUT2D eigenvalue weighted by molar-refractivity contribution is -0.140. The summed E-state index contributed by atoms with van der Waals surface area (Å²) < 4.78 is 0. The molecule has 1 spiro atoms. The van der Waals surface area contributed by atoms with Crippen LogP contribution in [0.1, 0.15) is 67.6 Å². The molecule has 6 nitrogen and oxygen atoms in total. The number of fused-ring (bicyclic) bond motifs is 1. The van der Waals surface area contributed by atoms with Crippen LogP contribution in [0.2, 0.25) is 0 Å². The van der Waals surface area contributed by atoms with E-state index in [1.54, 1.807) is 0 Å². The van der Waals surface area contributed by atoms with E-state index in [1.807, 2.05) is 11.0 Å². The van der Waals surface area contributed by atoms with Crippen LogP contribution in [0.25, 0.3) is 0 Å². The van der Waals surface area contributed by atoms with Crippen molar-refractivity contribution in [3.63, 3.8) is 0 Å². The first-order valence-corrected chi connectivity index (χ1v) is 10.3. The lowest BCUT2D eigenvalue weighted by atomic mass is 9.73. The van der Waals surface area contributed by atoms with Crippen LogP contribution in [0.4, 0.5) is 5.82 Å². The summed E-state index contributed by atoms with van der Waals surface area (Å²) in [4.78, 5) is 33.6. The number of carbonyl (C=O) groups is 2. The van der Waals surface area contributed by atoms with E-state index in [0.29, 0.717) is 12.0 Å². The van der Waals surface area contributed by atoms with Gasteiger partial charge in [0.05, 0.1) is 5.56 Å². The molecule has 0 radical (unpaired) electrons. The smallest absolute Gasteiger partial charge is 0.252 e. The van der Waals surface area contributed by atoms with Crippen LogP contribution in [0.15, 0.2) is 6.07 Å². The van der Waals surface area contributed by atoms with Gasteiger partial charge >= 0.3 is 0 Å². The number of anilines is 1. The number of likely N-dealkylation sites (tertiary alicyclic amines) is 1. The Morgan fingerprint density at radius 1 is 1.19 bits per heavy atom. The molecule has 1 aliphatic carbocycles. The predicted molar refractivity (Wildman–Crippen MR) is 105 cm³/mol. The van der Waals surface area contributed by atoms with Gasteiger partial charge in [0.2, 0.25) is 5.91 Å². The van der Waals surface area contributed by atoms with Crippen LogP contribution in [0.5, 0.6) is 0 Å². The standard InChI is InChI=1S/C21H30N4O2/c1-14(2)25-13-21(9-7-18(25)26)8-4-10-24(12-21)20-16(19(22)27)11-15-5-3-6-17(15)23-20/h11,14H,3-10,12-13H2,1-2H3,(H2,22,27). The van der Waals surface area contributed by atoms with Gasteiger partial charge in [0.15, 0.2) is 0 Å². The summed E-state index contributed by atoms with van der Waals surface area (Å²) in [5.41, 5.74) is 8.65. The zero-order chi connectivity index (χ0) is 19.2. The molecule has 1 unspecified atom stereocenters. The van der Waals surface area contributed by atoms with E-state index in [1.165, 1.54) is 5.56 Å². The van der Waals surface area contributed by atoms with Crippen molar-refractivity contribution in [2.24, 2.45) is 11.1 Å². The van der Waals surface area contributed by atoms with Crippen LogP contribution in [0.3, 0.4) is 0 Å². The first kappa shape index (κ1) is 18.3. The summed E-state index contributed by atoms with van der Waals surface area (Å²) >= 11 is 0. The van der Waals surface area contributed by atoms with Crippen LogP contribution in [-0.4, -0.2) is 47.4 Å². The van der Waals surface area contributed by atoms with Gasteiger partial charge < -0.3 is 15.5 Å². The molecule has 0 aromatic carbocycles. The Morgan fingerprint density at radius 2 is 2.00 bits per heavy atom. The second-order valence-corrected chi connectivity index (χ2v) is 8.82. The lowest BCUT2D eigenvalue weighted by Gasteiger charge is -2.49. The highest BCUT2D eigenvalue weighted by Crippen LogP contribution is 2.41. The fraction of sp³-hybridized carbons (Fsp3) is 0.667. The summed E-state index contributed by atoms with van der Waals surface area (Å²) in [5, 5.41) is 0. The van der Waals surface area contributed by atoms with Gasteiger partial charge in [-0.2, -0.15) is 0 Å². The number of rotatable bonds is 3. The summed E-state index contributed by atoms with van der Waals surface area (Å²) in [5.74, 6) is 0.630. The van der Waals surface area contributed by atoms with E-state index in [0.717, 1.165) is 69.7 Å². The number of pyridine rings is 1. The van der Waals surface area contributed by atoms with Crippen molar-refractivity contribution in [1.29, 1.82) is 0 Å². The molecule has 0 saturated carbocycles. The van der Waals surface area contributed by atoms with E-state index in [9.17, 15) is 9.59 Å². The van der Waals surface area contributed by atoms with Gasteiger partial charge in [-0.1, -0.05) is 0 Å². The highest BCUT2D eigenvalue weighted by atomic mass is 16.2. The molecule has 4 rings (SSSR count). The zero-order valence-electron chi connectivity index (χ0n) is 16.5. The van der Waals surface area contributed by atoms with Gasteiger partial charge in [-0.05, 0) is 64.0 Å². The largest absolute Gasteiger partial charge is 0.365 e. The molecule has 2 fully saturated rings. The third-order valence-electron chi connectivity index (χ3n) is 6.58. The Hall–Kier alpha value is -2.11. The molecule has 2 aliphatic heterocycles. The van der Waals surface area contributed by atoms with Crippen LogP contribution in [-0.2, 0) is 17.6 Å². The quantitative estimate of drug-likeness (QED) is 0.885. The second-order valence-electron chi connectivity index (χ2n) is 8.82.